The van der Waals surface area contributed by atoms with Crippen molar-refractivity contribution in [2.24, 2.45) is 0 Å². The maximum atomic E-state index is 10.8. The van der Waals surface area contributed by atoms with Gasteiger partial charge in [-0.25, -0.2) is 4.79 Å². The second kappa shape index (κ2) is 6.87. The summed E-state index contributed by atoms with van der Waals surface area (Å²) < 4.78 is 20.1. The van der Waals surface area contributed by atoms with Crippen LogP contribution < -0.4 is 0 Å². The molecule has 4 nitrogen and oxygen atoms in total. The molecule has 76 valence electrons. The van der Waals surface area contributed by atoms with Crippen molar-refractivity contribution in [1.82, 2.24) is 0 Å². The Morgan fingerprint density at radius 2 is 2.08 bits per heavy atom. The quantitative estimate of drug-likeness (QED) is 0.287. The largest absolute Gasteiger partial charge is 0.462 e. The maximum absolute atomic E-state index is 10.8. The first-order valence-electron chi connectivity index (χ1n) is 4.00. The van der Waals surface area contributed by atoms with E-state index in [0.717, 1.165) is 0 Å². The van der Waals surface area contributed by atoms with Crippen LogP contribution in [0.15, 0.2) is 12.2 Å². The molecule has 0 heterocycles. The van der Waals surface area contributed by atoms with Crippen LogP contribution in [0.3, 0.4) is 0 Å². The van der Waals surface area contributed by atoms with Gasteiger partial charge in [-0.1, -0.05) is 6.58 Å². The molecule has 0 saturated carbocycles. The molecule has 1 atom stereocenters. The molecule has 0 aromatic rings. The molecule has 0 rings (SSSR count). The van der Waals surface area contributed by atoms with E-state index in [0.29, 0.717) is 18.6 Å². The van der Waals surface area contributed by atoms with Gasteiger partial charge < -0.3 is 9.26 Å². The van der Waals surface area contributed by atoms with Crippen molar-refractivity contribution in [1.29, 1.82) is 0 Å². The van der Waals surface area contributed by atoms with Crippen molar-refractivity contribution in [3.05, 3.63) is 12.2 Å². The van der Waals surface area contributed by atoms with Crippen LogP contribution in [0.2, 0.25) is 0 Å². The molecule has 0 saturated heterocycles. The third-order valence-electron chi connectivity index (χ3n) is 1.18. The van der Waals surface area contributed by atoms with Gasteiger partial charge in [0.25, 0.3) is 0 Å². The molecule has 5 heteroatoms. The predicted octanol–water partition coefficient (Wildman–Crippen LogP) is 1.62. The van der Waals surface area contributed by atoms with Gasteiger partial charge in [0, 0.05) is 18.7 Å². The molecule has 0 spiro atoms. The summed E-state index contributed by atoms with van der Waals surface area (Å²) in [6.07, 6.45) is 0.559. The van der Waals surface area contributed by atoms with E-state index in [1.807, 2.05) is 0 Å². The highest BCUT2D eigenvalue weighted by Gasteiger charge is 2.01. The fourth-order valence-corrected chi connectivity index (χ4v) is 0.995. The molecule has 0 bridgehead atoms. The second-order valence-corrected chi connectivity index (χ2v) is 3.88. The Hall–Kier alpha value is -0.600. The molecular formula is C8H15O4P. The first-order valence-corrected chi connectivity index (χ1v) is 5.81. The molecule has 0 aromatic heterocycles. The van der Waals surface area contributed by atoms with Gasteiger partial charge in [0.05, 0.1) is 13.2 Å². The van der Waals surface area contributed by atoms with Crippen molar-refractivity contribution in [2.45, 2.75) is 13.3 Å². The lowest BCUT2D eigenvalue weighted by Gasteiger charge is -2.03. The van der Waals surface area contributed by atoms with Crippen LogP contribution in [-0.4, -0.2) is 25.8 Å². The van der Waals surface area contributed by atoms with E-state index in [4.69, 9.17) is 9.26 Å². The number of esters is 1. The third kappa shape index (κ3) is 7.75. The minimum atomic E-state index is -1.86. The van der Waals surface area contributed by atoms with Gasteiger partial charge in [0.1, 0.15) is 0 Å². The number of hydrogen-bond donors (Lipinski definition) is 0. The van der Waals surface area contributed by atoms with E-state index in [1.165, 1.54) is 6.66 Å². The van der Waals surface area contributed by atoms with Gasteiger partial charge in [0.15, 0.2) is 8.03 Å². The van der Waals surface area contributed by atoms with Crippen LogP contribution in [0.1, 0.15) is 13.3 Å². The molecule has 0 aromatic carbocycles. The summed E-state index contributed by atoms with van der Waals surface area (Å²) in [7, 11) is -1.86. The number of hydrogen-bond acceptors (Lipinski definition) is 4. The Morgan fingerprint density at radius 3 is 2.54 bits per heavy atom. The summed E-state index contributed by atoms with van der Waals surface area (Å²) in [6, 6.07) is 0. The highest BCUT2D eigenvalue weighted by Crippen LogP contribution is 2.14. The monoisotopic (exact) mass is 206 g/mol. The first kappa shape index (κ1) is 12.4. The average molecular weight is 206 g/mol. The molecule has 1 unspecified atom stereocenters. The minimum Gasteiger partial charge on any atom is -0.462 e. The van der Waals surface area contributed by atoms with Crippen LogP contribution in [0.4, 0.5) is 0 Å². The van der Waals surface area contributed by atoms with Gasteiger partial charge in [-0.2, -0.15) is 0 Å². The van der Waals surface area contributed by atoms with Crippen LogP contribution in [0.25, 0.3) is 0 Å². The summed E-state index contributed by atoms with van der Waals surface area (Å²) in [5, 5.41) is 0. The smallest absolute Gasteiger partial charge is 0.333 e. The summed E-state index contributed by atoms with van der Waals surface area (Å²) in [4.78, 5) is 10.8. The Balaban J connectivity index is 3.31. The molecule has 0 radical (unpaired) electrons. The van der Waals surface area contributed by atoms with E-state index >= 15 is 0 Å². The molecule has 0 N–H and O–H groups in total. The van der Waals surface area contributed by atoms with Gasteiger partial charge in [-0.05, 0) is 6.92 Å². The maximum Gasteiger partial charge on any atom is 0.333 e. The number of rotatable bonds is 6. The minimum absolute atomic E-state index is 0.279. The normalized spacial score (nSPS) is 12.2. The van der Waals surface area contributed by atoms with Gasteiger partial charge in [-0.15, -0.1) is 0 Å². The second-order valence-electron chi connectivity index (χ2n) is 2.61. The zero-order valence-corrected chi connectivity index (χ0v) is 8.96. The van der Waals surface area contributed by atoms with E-state index in [1.54, 1.807) is 6.92 Å². The van der Waals surface area contributed by atoms with Crippen molar-refractivity contribution in [3.63, 3.8) is 0 Å². The fraction of sp³-hybridized carbons (Fsp3) is 0.625. The lowest BCUT2D eigenvalue weighted by molar-refractivity contribution is -0.139. The summed E-state index contributed by atoms with van der Waals surface area (Å²) in [6.45, 7) is 7.17. The van der Waals surface area contributed by atoms with Crippen molar-refractivity contribution < 1.29 is 18.6 Å². The molecular weight excluding hydrogens is 191 g/mol. The lowest BCUT2D eigenvalue weighted by atomic mass is 10.4. The number of carbonyl (C=O) groups excluding carboxylic acids is 1. The standard InChI is InChI=1S/C8H15O4P/c1-7(2)8(9)11-5-4-6-12-13(3)10/h13H,1,4-6H2,2-3H3. The van der Waals surface area contributed by atoms with Gasteiger partial charge in [0.2, 0.25) is 0 Å². The topological polar surface area (TPSA) is 52.6 Å². The fourth-order valence-electron chi connectivity index (χ4n) is 0.563. The zero-order chi connectivity index (χ0) is 10.3. The lowest BCUT2D eigenvalue weighted by Crippen LogP contribution is -2.07. The van der Waals surface area contributed by atoms with Gasteiger partial charge >= 0.3 is 5.97 Å². The summed E-state index contributed by atoms with van der Waals surface area (Å²) >= 11 is 0. The molecule has 0 fully saturated rings. The van der Waals surface area contributed by atoms with E-state index in [-0.39, 0.29) is 6.61 Å². The van der Waals surface area contributed by atoms with Crippen molar-refractivity contribution in [3.8, 4) is 0 Å². The number of carbonyl (C=O) groups is 1. The van der Waals surface area contributed by atoms with Crippen molar-refractivity contribution >= 4 is 14.0 Å². The molecule has 0 aliphatic carbocycles. The van der Waals surface area contributed by atoms with Crippen molar-refractivity contribution in [2.75, 3.05) is 19.9 Å². The third-order valence-corrected chi connectivity index (χ3v) is 1.79. The van der Waals surface area contributed by atoms with Gasteiger partial charge in [-0.3, -0.25) is 4.57 Å². The highest BCUT2D eigenvalue weighted by molar-refractivity contribution is 7.38. The SMILES string of the molecule is C=C(C)C(=O)OCCCO[PH](C)=O. The van der Waals surface area contributed by atoms with Crippen LogP contribution in [0, 0.1) is 0 Å². The van der Waals surface area contributed by atoms with E-state index in [2.05, 4.69) is 6.58 Å². The van der Waals surface area contributed by atoms with Crippen LogP contribution in [-0.2, 0) is 18.6 Å². The van der Waals surface area contributed by atoms with Crippen LogP contribution >= 0.6 is 8.03 Å². The van der Waals surface area contributed by atoms with E-state index < -0.39 is 14.0 Å². The molecule has 0 aliphatic rings. The number of ether oxygens (including phenoxy) is 1. The predicted molar refractivity (Wildman–Crippen MR) is 51.3 cm³/mol. The highest BCUT2D eigenvalue weighted by atomic mass is 31.1. The first-order chi connectivity index (χ1) is 6.04. The Kier molecular flexibility index (Phi) is 6.55. The molecule has 13 heavy (non-hydrogen) atoms. The average Bonchev–Trinajstić information content (AvgIpc) is 2.02. The Labute approximate surface area is 78.8 Å². The zero-order valence-electron chi connectivity index (χ0n) is 7.96. The molecule has 0 amide bonds. The Bertz CT molecular complexity index is 212. The van der Waals surface area contributed by atoms with Crippen LogP contribution in [0.5, 0.6) is 0 Å². The van der Waals surface area contributed by atoms with E-state index in [9.17, 15) is 9.36 Å². The molecule has 0 aliphatic heterocycles. The summed E-state index contributed by atoms with van der Waals surface area (Å²) in [5.41, 5.74) is 0.380. The Morgan fingerprint density at radius 1 is 1.46 bits per heavy atom. The summed E-state index contributed by atoms with van der Waals surface area (Å²) in [5.74, 6) is -0.399.